The molecule has 1 fully saturated rings. The lowest BCUT2D eigenvalue weighted by atomic mass is 9.56. The van der Waals surface area contributed by atoms with Crippen LogP contribution in [0.4, 0.5) is 0 Å². The van der Waals surface area contributed by atoms with Crippen LogP contribution in [-0.4, -0.2) is 0 Å². The van der Waals surface area contributed by atoms with Crippen molar-refractivity contribution >= 4 is 0 Å². The Morgan fingerprint density at radius 2 is 1.62 bits per heavy atom. The van der Waals surface area contributed by atoms with E-state index in [1.54, 1.807) is 0 Å². The summed E-state index contributed by atoms with van der Waals surface area (Å²) in [6.07, 6.45) is 8.28. The van der Waals surface area contributed by atoms with Gasteiger partial charge in [0.15, 0.2) is 0 Å². The number of aryl methyl sites for hydroxylation is 1. The molecule has 118 valence electrons. The maximum Gasteiger partial charge on any atom is -0.0101 e. The van der Waals surface area contributed by atoms with Gasteiger partial charge in [-0.3, -0.25) is 0 Å². The molecular formula is C21H34. The van der Waals surface area contributed by atoms with Gasteiger partial charge >= 0.3 is 0 Å². The molecule has 0 heterocycles. The van der Waals surface area contributed by atoms with Gasteiger partial charge in [0.25, 0.3) is 0 Å². The zero-order valence-corrected chi connectivity index (χ0v) is 15.1. The minimum absolute atomic E-state index is 0.280. The highest BCUT2D eigenvalue weighted by Crippen LogP contribution is 2.54. The van der Waals surface area contributed by atoms with Crippen molar-refractivity contribution in [3.8, 4) is 0 Å². The molecule has 0 spiro atoms. The van der Waals surface area contributed by atoms with E-state index >= 15 is 0 Å². The first-order chi connectivity index (χ1) is 9.68. The van der Waals surface area contributed by atoms with Crippen LogP contribution >= 0.6 is 0 Å². The van der Waals surface area contributed by atoms with Crippen molar-refractivity contribution < 1.29 is 0 Å². The summed E-state index contributed by atoms with van der Waals surface area (Å²) in [5.74, 6) is 0. The van der Waals surface area contributed by atoms with E-state index < -0.39 is 0 Å². The Morgan fingerprint density at radius 1 is 1.00 bits per heavy atom. The lowest BCUT2D eigenvalue weighted by Gasteiger charge is -2.49. The van der Waals surface area contributed by atoms with E-state index in [0.717, 1.165) is 0 Å². The highest BCUT2D eigenvalue weighted by molar-refractivity contribution is 5.32. The number of hydrogen-bond donors (Lipinski definition) is 0. The fraction of sp³-hybridized carbons (Fsp3) is 0.714. The van der Waals surface area contributed by atoms with Gasteiger partial charge in [0.2, 0.25) is 0 Å². The first-order valence-electron chi connectivity index (χ1n) is 8.74. The number of rotatable bonds is 4. The van der Waals surface area contributed by atoms with Crippen molar-refractivity contribution in [2.75, 3.05) is 0 Å². The Labute approximate surface area is 132 Å². The molecule has 1 aliphatic rings. The Hall–Kier alpha value is -0.780. The maximum absolute atomic E-state index is 2.54. The van der Waals surface area contributed by atoms with Gasteiger partial charge in [-0.2, -0.15) is 0 Å². The molecule has 1 aromatic rings. The fourth-order valence-electron chi connectivity index (χ4n) is 4.24. The summed E-state index contributed by atoms with van der Waals surface area (Å²) in [5.41, 5.74) is 4.25. The van der Waals surface area contributed by atoms with Crippen LogP contribution in [-0.2, 0) is 5.41 Å². The molecule has 2 rings (SSSR count). The van der Waals surface area contributed by atoms with Gasteiger partial charge in [0.1, 0.15) is 0 Å². The fourth-order valence-corrected chi connectivity index (χ4v) is 4.24. The summed E-state index contributed by atoms with van der Waals surface area (Å²) in [5, 5.41) is 0. The van der Waals surface area contributed by atoms with Gasteiger partial charge in [-0.05, 0) is 60.0 Å². The molecule has 0 nitrogen and oxygen atoms in total. The monoisotopic (exact) mass is 286 g/mol. The van der Waals surface area contributed by atoms with E-state index in [1.807, 2.05) is 0 Å². The summed E-state index contributed by atoms with van der Waals surface area (Å²) in [7, 11) is 0. The summed E-state index contributed by atoms with van der Waals surface area (Å²) in [6, 6.07) is 8.92. The first-order valence-corrected chi connectivity index (χ1v) is 8.74. The van der Waals surface area contributed by atoms with Crippen molar-refractivity contribution in [1.82, 2.24) is 0 Å². The van der Waals surface area contributed by atoms with Crippen LogP contribution in [0.25, 0.3) is 0 Å². The quantitative estimate of drug-likeness (QED) is 0.580. The predicted octanol–water partition coefficient (Wildman–Crippen LogP) is 6.66. The van der Waals surface area contributed by atoms with E-state index in [0.29, 0.717) is 10.8 Å². The second kappa shape index (κ2) is 5.78. The normalized spacial score (nSPS) is 25.8. The molecule has 0 bridgehead atoms. The molecule has 1 aromatic carbocycles. The van der Waals surface area contributed by atoms with Crippen molar-refractivity contribution in [3.05, 3.63) is 35.4 Å². The molecule has 1 aliphatic carbocycles. The summed E-state index contributed by atoms with van der Waals surface area (Å²) < 4.78 is 0. The predicted molar refractivity (Wildman–Crippen MR) is 93.8 cm³/mol. The number of hydrogen-bond acceptors (Lipinski definition) is 0. The van der Waals surface area contributed by atoms with Crippen LogP contribution in [0.2, 0.25) is 0 Å². The number of benzene rings is 1. The van der Waals surface area contributed by atoms with Crippen LogP contribution < -0.4 is 0 Å². The van der Waals surface area contributed by atoms with Crippen molar-refractivity contribution in [3.63, 3.8) is 0 Å². The molecule has 0 N–H and O–H groups in total. The third-order valence-corrected chi connectivity index (χ3v) is 6.59. The van der Waals surface area contributed by atoms with Gasteiger partial charge in [-0.15, -0.1) is 0 Å². The standard InChI is InChI=1S/C21H34/c1-17-11-7-8-12-18(17)19(2,3)15-16-21(6)14-10-9-13-20(21,4)5/h7-8,11-12H,9-10,13-16H2,1-6H3/t21-/m0/s1. The highest BCUT2D eigenvalue weighted by atomic mass is 14.5. The molecule has 0 heteroatoms. The zero-order valence-electron chi connectivity index (χ0n) is 15.1. The van der Waals surface area contributed by atoms with Crippen molar-refractivity contribution in [1.29, 1.82) is 0 Å². The Balaban J connectivity index is 2.13. The first kappa shape index (κ1) is 16.6. The van der Waals surface area contributed by atoms with Gasteiger partial charge < -0.3 is 0 Å². The van der Waals surface area contributed by atoms with E-state index in [9.17, 15) is 0 Å². The molecule has 0 unspecified atom stereocenters. The lowest BCUT2D eigenvalue weighted by molar-refractivity contribution is 0.0183. The molecular weight excluding hydrogens is 252 g/mol. The smallest absolute Gasteiger partial charge is 0.0101 e. The largest absolute Gasteiger partial charge is 0.0620 e. The minimum atomic E-state index is 0.280. The molecule has 0 aliphatic heterocycles. The molecule has 0 radical (unpaired) electrons. The highest BCUT2D eigenvalue weighted by Gasteiger charge is 2.43. The topological polar surface area (TPSA) is 0 Å². The lowest BCUT2D eigenvalue weighted by Crippen LogP contribution is -2.39. The van der Waals surface area contributed by atoms with E-state index in [-0.39, 0.29) is 5.41 Å². The summed E-state index contributed by atoms with van der Waals surface area (Å²) in [6.45, 7) is 14.6. The molecule has 1 saturated carbocycles. The van der Waals surface area contributed by atoms with Crippen LogP contribution in [0.5, 0.6) is 0 Å². The van der Waals surface area contributed by atoms with E-state index in [2.05, 4.69) is 65.8 Å². The van der Waals surface area contributed by atoms with Crippen molar-refractivity contribution in [2.45, 2.75) is 85.5 Å². The summed E-state index contributed by atoms with van der Waals surface area (Å²) in [4.78, 5) is 0. The van der Waals surface area contributed by atoms with Crippen LogP contribution in [0.1, 0.15) is 84.3 Å². The Morgan fingerprint density at radius 3 is 2.24 bits per heavy atom. The van der Waals surface area contributed by atoms with Crippen LogP contribution in [0.15, 0.2) is 24.3 Å². The SMILES string of the molecule is Cc1ccccc1C(C)(C)CC[C@]1(C)CCCCC1(C)C. The Bertz CT molecular complexity index is 481. The Kier molecular flexibility index (Phi) is 4.57. The minimum Gasteiger partial charge on any atom is -0.0620 e. The zero-order chi connectivity index (χ0) is 15.7. The molecule has 0 saturated heterocycles. The van der Waals surface area contributed by atoms with E-state index in [1.165, 1.54) is 49.7 Å². The van der Waals surface area contributed by atoms with E-state index in [4.69, 9.17) is 0 Å². The average molecular weight is 287 g/mol. The van der Waals surface area contributed by atoms with Gasteiger partial charge in [0.05, 0.1) is 0 Å². The molecule has 21 heavy (non-hydrogen) atoms. The third-order valence-electron chi connectivity index (χ3n) is 6.59. The van der Waals surface area contributed by atoms with Gasteiger partial charge in [0, 0.05) is 0 Å². The third kappa shape index (κ3) is 3.35. The second-order valence-corrected chi connectivity index (χ2v) is 8.85. The molecule has 0 amide bonds. The van der Waals surface area contributed by atoms with Crippen LogP contribution in [0, 0.1) is 17.8 Å². The molecule has 1 atom stereocenters. The second-order valence-electron chi connectivity index (χ2n) is 8.85. The van der Waals surface area contributed by atoms with Gasteiger partial charge in [-0.1, -0.05) is 71.7 Å². The average Bonchev–Trinajstić information content (AvgIpc) is 2.41. The molecule has 0 aromatic heterocycles. The maximum atomic E-state index is 2.54. The summed E-state index contributed by atoms with van der Waals surface area (Å²) >= 11 is 0. The van der Waals surface area contributed by atoms with Crippen LogP contribution in [0.3, 0.4) is 0 Å². The van der Waals surface area contributed by atoms with Gasteiger partial charge in [-0.25, -0.2) is 0 Å². The van der Waals surface area contributed by atoms with Crippen molar-refractivity contribution in [2.24, 2.45) is 10.8 Å².